The van der Waals surface area contributed by atoms with E-state index in [1.54, 1.807) is 13.0 Å². The first kappa shape index (κ1) is 11.1. The van der Waals surface area contributed by atoms with Gasteiger partial charge in [0, 0.05) is 11.1 Å². The van der Waals surface area contributed by atoms with Crippen LogP contribution in [-0.4, -0.2) is 4.98 Å². The summed E-state index contributed by atoms with van der Waals surface area (Å²) in [5, 5.41) is 0.947. The Morgan fingerprint density at radius 3 is 2.50 bits per heavy atom. The predicted octanol–water partition coefficient (Wildman–Crippen LogP) is 3.81. The monoisotopic (exact) mass is 217 g/mol. The highest BCUT2D eigenvalue weighted by atomic mass is 19.1. The van der Waals surface area contributed by atoms with Crippen LogP contribution >= 0.6 is 0 Å². The number of halogens is 1. The molecule has 0 atom stereocenters. The summed E-state index contributed by atoms with van der Waals surface area (Å²) >= 11 is 0. The van der Waals surface area contributed by atoms with Gasteiger partial charge in [0.2, 0.25) is 0 Å². The highest BCUT2D eigenvalue weighted by Crippen LogP contribution is 2.22. The molecule has 0 aliphatic carbocycles. The van der Waals surface area contributed by atoms with E-state index in [1.165, 1.54) is 5.56 Å². The largest absolute Gasteiger partial charge is 0.253 e. The Hall–Kier alpha value is -1.44. The number of nitrogens with zero attached hydrogens (tertiary/aromatic N) is 1. The Bertz CT molecular complexity index is 532. The number of aromatic nitrogens is 1. The van der Waals surface area contributed by atoms with Crippen molar-refractivity contribution in [1.29, 1.82) is 0 Å². The predicted molar refractivity (Wildman–Crippen MR) is 65.2 cm³/mol. The van der Waals surface area contributed by atoms with Gasteiger partial charge in [-0.05, 0) is 49.1 Å². The summed E-state index contributed by atoms with van der Waals surface area (Å²) in [6, 6.07) is 5.52. The van der Waals surface area contributed by atoms with Crippen LogP contribution < -0.4 is 0 Å². The second-order valence-corrected chi connectivity index (χ2v) is 4.10. The zero-order valence-corrected chi connectivity index (χ0v) is 9.97. The lowest BCUT2D eigenvalue weighted by molar-refractivity contribution is 0.620. The van der Waals surface area contributed by atoms with Crippen molar-refractivity contribution in [3.63, 3.8) is 0 Å². The van der Waals surface area contributed by atoms with Crippen LogP contribution in [0.25, 0.3) is 10.9 Å². The Morgan fingerprint density at radius 2 is 1.88 bits per heavy atom. The molecule has 2 heteroatoms. The van der Waals surface area contributed by atoms with E-state index >= 15 is 0 Å². The number of hydrogen-bond donors (Lipinski definition) is 0. The smallest absolute Gasteiger partial charge is 0.126 e. The number of pyridine rings is 1. The molecule has 0 spiro atoms. The molecule has 0 fully saturated rings. The highest BCUT2D eigenvalue weighted by Gasteiger charge is 2.07. The van der Waals surface area contributed by atoms with Crippen LogP contribution in [-0.2, 0) is 12.8 Å². The van der Waals surface area contributed by atoms with Gasteiger partial charge < -0.3 is 0 Å². The standard InChI is InChI=1S/C14H16FN/c1-4-10-7-11(5-2)16-14-6-9(3)13(15)8-12(10)14/h6-8H,4-5H2,1-3H3. The summed E-state index contributed by atoms with van der Waals surface area (Å²) in [6.07, 6.45) is 1.83. The molecule has 2 rings (SSSR count). The first-order valence-electron chi connectivity index (χ1n) is 5.74. The summed E-state index contributed by atoms with van der Waals surface area (Å²) in [7, 11) is 0. The zero-order valence-electron chi connectivity index (χ0n) is 9.97. The van der Waals surface area contributed by atoms with Gasteiger partial charge in [-0.3, -0.25) is 4.98 Å². The molecule has 1 aromatic heterocycles. The number of benzene rings is 1. The molecule has 0 N–H and O–H groups in total. The third kappa shape index (κ3) is 1.80. The molecule has 16 heavy (non-hydrogen) atoms. The minimum absolute atomic E-state index is 0.145. The molecule has 2 aromatic rings. The van der Waals surface area contributed by atoms with Crippen LogP contribution in [0.15, 0.2) is 18.2 Å². The average Bonchev–Trinajstić information content (AvgIpc) is 2.29. The van der Waals surface area contributed by atoms with E-state index in [4.69, 9.17) is 0 Å². The maximum atomic E-state index is 13.5. The van der Waals surface area contributed by atoms with Crippen LogP contribution in [0.1, 0.15) is 30.7 Å². The van der Waals surface area contributed by atoms with E-state index in [0.29, 0.717) is 5.56 Å². The number of hydrogen-bond acceptors (Lipinski definition) is 1. The minimum Gasteiger partial charge on any atom is -0.253 e. The SMILES string of the molecule is CCc1cc(CC)c2cc(F)c(C)cc2n1. The van der Waals surface area contributed by atoms with Crippen molar-refractivity contribution in [2.75, 3.05) is 0 Å². The van der Waals surface area contributed by atoms with Crippen molar-refractivity contribution < 1.29 is 4.39 Å². The van der Waals surface area contributed by atoms with Gasteiger partial charge >= 0.3 is 0 Å². The molecule has 84 valence electrons. The number of fused-ring (bicyclic) bond motifs is 1. The lowest BCUT2D eigenvalue weighted by Gasteiger charge is -2.08. The van der Waals surface area contributed by atoms with E-state index in [0.717, 1.165) is 29.4 Å². The van der Waals surface area contributed by atoms with Crippen molar-refractivity contribution in [3.8, 4) is 0 Å². The number of rotatable bonds is 2. The molecule has 0 aliphatic heterocycles. The molecule has 0 saturated heterocycles. The van der Waals surface area contributed by atoms with Gasteiger partial charge in [-0.15, -0.1) is 0 Å². The van der Waals surface area contributed by atoms with Crippen molar-refractivity contribution in [2.24, 2.45) is 0 Å². The van der Waals surface area contributed by atoms with Gasteiger partial charge in [-0.1, -0.05) is 13.8 Å². The van der Waals surface area contributed by atoms with E-state index < -0.39 is 0 Å². The van der Waals surface area contributed by atoms with Crippen molar-refractivity contribution >= 4 is 10.9 Å². The summed E-state index contributed by atoms with van der Waals surface area (Å²) in [4.78, 5) is 4.54. The van der Waals surface area contributed by atoms with Gasteiger partial charge in [0.05, 0.1) is 5.52 Å². The van der Waals surface area contributed by atoms with Crippen molar-refractivity contribution in [1.82, 2.24) is 4.98 Å². The molecule has 1 nitrogen and oxygen atoms in total. The van der Waals surface area contributed by atoms with Gasteiger partial charge in [0.15, 0.2) is 0 Å². The molecule has 0 bridgehead atoms. The molecule has 0 aliphatic rings. The van der Waals surface area contributed by atoms with E-state index in [1.807, 2.05) is 6.07 Å². The Kier molecular flexibility index (Phi) is 2.90. The topological polar surface area (TPSA) is 12.9 Å². The first-order valence-corrected chi connectivity index (χ1v) is 5.74. The molecular weight excluding hydrogens is 201 g/mol. The fourth-order valence-corrected chi connectivity index (χ4v) is 1.96. The Labute approximate surface area is 95.3 Å². The van der Waals surface area contributed by atoms with Gasteiger partial charge in [0.25, 0.3) is 0 Å². The molecule has 0 saturated carbocycles. The fraction of sp³-hybridized carbons (Fsp3) is 0.357. The summed E-state index contributed by atoms with van der Waals surface area (Å²) in [6.45, 7) is 5.96. The fourth-order valence-electron chi connectivity index (χ4n) is 1.96. The van der Waals surface area contributed by atoms with E-state index in [2.05, 4.69) is 24.9 Å². The first-order chi connectivity index (χ1) is 7.65. The van der Waals surface area contributed by atoms with Crippen LogP contribution in [0.5, 0.6) is 0 Å². The zero-order chi connectivity index (χ0) is 11.7. The molecule has 0 radical (unpaired) electrons. The van der Waals surface area contributed by atoms with Gasteiger partial charge in [-0.2, -0.15) is 0 Å². The van der Waals surface area contributed by atoms with Crippen molar-refractivity contribution in [2.45, 2.75) is 33.6 Å². The van der Waals surface area contributed by atoms with Crippen LogP contribution in [0.4, 0.5) is 4.39 Å². The van der Waals surface area contributed by atoms with Crippen LogP contribution in [0.3, 0.4) is 0 Å². The number of aryl methyl sites for hydroxylation is 3. The third-order valence-corrected chi connectivity index (χ3v) is 2.97. The van der Waals surface area contributed by atoms with Crippen LogP contribution in [0, 0.1) is 12.7 Å². The molecule has 0 amide bonds. The lowest BCUT2D eigenvalue weighted by atomic mass is 10.0. The lowest BCUT2D eigenvalue weighted by Crippen LogP contribution is -1.95. The molecular formula is C14H16FN. The summed E-state index contributed by atoms with van der Waals surface area (Å²) in [5.74, 6) is -0.145. The Morgan fingerprint density at radius 1 is 1.12 bits per heavy atom. The molecule has 0 unspecified atom stereocenters. The summed E-state index contributed by atoms with van der Waals surface area (Å²) < 4.78 is 13.5. The maximum Gasteiger partial charge on any atom is 0.126 e. The van der Waals surface area contributed by atoms with E-state index in [9.17, 15) is 4.39 Å². The Balaban J connectivity index is 2.79. The quantitative estimate of drug-likeness (QED) is 0.745. The van der Waals surface area contributed by atoms with Gasteiger partial charge in [-0.25, -0.2) is 4.39 Å². The molecule has 1 aromatic carbocycles. The van der Waals surface area contributed by atoms with Crippen molar-refractivity contribution in [3.05, 3.63) is 40.8 Å². The normalized spacial score (nSPS) is 11.0. The second kappa shape index (κ2) is 4.20. The minimum atomic E-state index is -0.145. The van der Waals surface area contributed by atoms with E-state index in [-0.39, 0.29) is 5.82 Å². The second-order valence-electron chi connectivity index (χ2n) is 4.10. The maximum absolute atomic E-state index is 13.5. The van der Waals surface area contributed by atoms with Crippen LogP contribution in [0.2, 0.25) is 0 Å². The molecule has 1 heterocycles. The average molecular weight is 217 g/mol. The summed E-state index contributed by atoms with van der Waals surface area (Å²) in [5.41, 5.74) is 3.83. The highest BCUT2D eigenvalue weighted by molar-refractivity contribution is 5.83. The van der Waals surface area contributed by atoms with Gasteiger partial charge in [0.1, 0.15) is 5.82 Å². The third-order valence-electron chi connectivity index (χ3n) is 2.97.